The number of amides is 2. The number of anilines is 2. The van der Waals surface area contributed by atoms with Gasteiger partial charge in [0.15, 0.2) is 5.13 Å². The zero-order chi connectivity index (χ0) is 27.7. The quantitative estimate of drug-likeness (QED) is 0.223. The molecule has 1 atom stereocenters. The van der Waals surface area contributed by atoms with Crippen LogP contribution in [-0.4, -0.2) is 27.7 Å². The number of benzene rings is 3. The number of nitrogens with two attached hydrogens (primary N) is 1. The van der Waals surface area contributed by atoms with E-state index in [4.69, 9.17) is 5.73 Å². The first-order valence-electron chi connectivity index (χ1n) is 14.0. The lowest BCUT2D eigenvalue weighted by Gasteiger charge is -2.36. The van der Waals surface area contributed by atoms with E-state index in [0.29, 0.717) is 23.8 Å². The molecule has 0 unspecified atom stereocenters. The van der Waals surface area contributed by atoms with E-state index in [-0.39, 0.29) is 30.2 Å². The molecule has 0 radical (unpaired) electrons. The second kappa shape index (κ2) is 13.4. The SMILES string of the molecule is Nc1nc(-c2ccc(NC(=O)C[C@H](Cc3ccccc3)N(Cc3ccccc3)C(=O)C3CCCCC3)cc2)cs1. The molecule has 1 aliphatic rings. The Kier molecular flexibility index (Phi) is 9.24. The molecule has 0 bridgehead atoms. The van der Waals surface area contributed by atoms with Crippen molar-refractivity contribution in [2.75, 3.05) is 11.1 Å². The molecule has 4 aromatic rings. The summed E-state index contributed by atoms with van der Waals surface area (Å²) in [4.78, 5) is 33.8. The highest BCUT2D eigenvalue weighted by molar-refractivity contribution is 7.13. The van der Waals surface area contributed by atoms with Crippen LogP contribution < -0.4 is 11.1 Å². The van der Waals surface area contributed by atoms with Crippen LogP contribution in [-0.2, 0) is 22.6 Å². The summed E-state index contributed by atoms with van der Waals surface area (Å²) >= 11 is 1.40. The smallest absolute Gasteiger partial charge is 0.226 e. The first-order valence-corrected chi connectivity index (χ1v) is 14.9. The highest BCUT2D eigenvalue weighted by atomic mass is 32.1. The van der Waals surface area contributed by atoms with Crippen LogP contribution in [0.2, 0.25) is 0 Å². The molecule has 3 aromatic carbocycles. The van der Waals surface area contributed by atoms with Crippen LogP contribution in [0.4, 0.5) is 10.8 Å². The molecule has 206 valence electrons. The number of hydrogen-bond donors (Lipinski definition) is 2. The van der Waals surface area contributed by atoms with Crippen molar-refractivity contribution in [2.45, 2.75) is 57.5 Å². The molecular formula is C33H36N4O2S. The minimum atomic E-state index is -0.269. The Bertz CT molecular complexity index is 1380. The molecule has 1 heterocycles. The predicted molar refractivity (Wildman–Crippen MR) is 163 cm³/mol. The number of thiazole rings is 1. The average molecular weight is 553 g/mol. The molecule has 0 saturated heterocycles. The number of hydrogen-bond acceptors (Lipinski definition) is 5. The van der Waals surface area contributed by atoms with Gasteiger partial charge < -0.3 is 16.0 Å². The third-order valence-corrected chi connectivity index (χ3v) is 8.27. The summed E-state index contributed by atoms with van der Waals surface area (Å²) in [5, 5.41) is 5.51. The van der Waals surface area contributed by atoms with E-state index in [1.807, 2.05) is 70.9 Å². The van der Waals surface area contributed by atoms with Gasteiger partial charge >= 0.3 is 0 Å². The van der Waals surface area contributed by atoms with Gasteiger partial charge in [-0.2, -0.15) is 0 Å². The maximum absolute atomic E-state index is 14.0. The summed E-state index contributed by atoms with van der Waals surface area (Å²) in [6.07, 6.45) is 6.03. The molecule has 1 aliphatic carbocycles. The van der Waals surface area contributed by atoms with Gasteiger partial charge in [0.2, 0.25) is 11.8 Å². The van der Waals surface area contributed by atoms with Crippen LogP contribution in [0.5, 0.6) is 0 Å². The fourth-order valence-electron chi connectivity index (χ4n) is 5.50. The molecule has 3 N–H and O–H groups in total. The lowest BCUT2D eigenvalue weighted by molar-refractivity contribution is -0.140. The normalized spacial score (nSPS) is 14.4. The number of rotatable bonds is 10. The van der Waals surface area contributed by atoms with Crippen LogP contribution in [0.25, 0.3) is 11.3 Å². The van der Waals surface area contributed by atoms with Gasteiger partial charge in [0.05, 0.1) is 5.69 Å². The fraction of sp³-hybridized carbons (Fsp3) is 0.303. The third-order valence-electron chi connectivity index (χ3n) is 7.60. The Morgan fingerprint density at radius 3 is 2.17 bits per heavy atom. The van der Waals surface area contributed by atoms with Crippen LogP contribution in [0.3, 0.4) is 0 Å². The predicted octanol–water partition coefficient (Wildman–Crippen LogP) is 6.94. The average Bonchev–Trinajstić information content (AvgIpc) is 3.43. The maximum Gasteiger partial charge on any atom is 0.226 e. The van der Waals surface area contributed by atoms with Gasteiger partial charge in [-0.1, -0.05) is 92.1 Å². The van der Waals surface area contributed by atoms with Crippen molar-refractivity contribution in [2.24, 2.45) is 5.92 Å². The molecule has 0 aliphatic heterocycles. The van der Waals surface area contributed by atoms with E-state index in [9.17, 15) is 9.59 Å². The molecule has 1 aromatic heterocycles. The van der Waals surface area contributed by atoms with Crippen molar-refractivity contribution >= 4 is 34.0 Å². The van der Waals surface area contributed by atoms with E-state index in [0.717, 1.165) is 48.1 Å². The molecule has 1 saturated carbocycles. The lowest BCUT2D eigenvalue weighted by atomic mass is 9.87. The lowest BCUT2D eigenvalue weighted by Crippen LogP contribution is -2.46. The Morgan fingerprint density at radius 2 is 1.55 bits per heavy atom. The number of aromatic nitrogens is 1. The van der Waals surface area contributed by atoms with Crippen molar-refractivity contribution in [3.05, 3.63) is 101 Å². The summed E-state index contributed by atoms with van der Waals surface area (Å²) in [7, 11) is 0. The summed E-state index contributed by atoms with van der Waals surface area (Å²) in [6.45, 7) is 0.492. The minimum Gasteiger partial charge on any atom is -0.375 e. The minimum absolute atomic E-state index is 0.0195. The Hall–Kier alpha value is -3.97. The molecule has 5 rings (SSSR count). The molecule has 2 amide bonds. The highest BCUT2D eigenvalue weighted by Crippen LogP contribution is 2.29. The zero-order valence-corrected chi connectivity index (χ0v) is 23.5. The number of nitrogens with zero attached hydrogens (tertiary/aromatic N) is 2. The molecule has 7 heteroatoms. The first-order chi connectivity index (χ1) is 19.5. The van der Waals surface area contributed by atoms with Gasteiger partial charge in [0.1, 0.15) is 0 Å². The van der Waals surface area contributed by atoms with Crippen molar-refractivity contribution in [3.63, 3.8) is 0 Å². The van der Waals surface area contributed by atoms with E-state index in [2.05, 4.69) is 34.6 Å². The second-order valence-electron chi connectivity index (χ2n) is 10.5. The van der Waals surface area contributed by atoms with Crippen LogP contribution in [0.15, 0.2) is 90.3 Å². The van der Waals surface area contributed by atoms with Gasteiger partial charge in [-0.3, -0.25) is 9.59 Å². The molecule has 40 heavy (non-hydrogen) atoms. The first kappa shape index (κ1) is 27.6. The van der Waals surface area contributed by atoms with Crippen LogP contribution >= 0.6 is 11.3 Å². The molecule has 0 spiro atoms. The Balaban J connectivity index is 1.37. The summed E-state index contributed by atoms with van der Waals surface area (Å²) in [6, 6.07) is 27.6. The van der Waals surface area contributed by atoms with Crippen molar-refractivity contribution in [3.8, 4) is 11.3 Å². The third kappa shape index (κ3) is 7.36. The fourth-order valence-corrected chi connectivity index (χ4v) is 6.07. The van der Waals surface area contributed by atoms with Gasteiger partial charge in [0, 0.05) is 41.6 Å². The van der Waals surface area contributed by atoms with Gasteiger partial charge in [-0.25, -0.2) is 4.98 Å². The Morgan fingerprint density at radius 1 is 0.900 bits per heavy atom. The summed E-state index contributed by atoms with van der Waals surface area (Å²) < 4.78 is 0. The zero-order valence-electron chi connectivity index (χ0n) is 22.7. The Labute approximate surface area is 240 Å². The molecule has 6 nitrogen and oxygen atoms in total. The number of nitrogens with one attached hydrogen (secondary N) is 1. The van der Waals surface area contributed by atoms with Gasteiger partial charge in [-0.15, -0.1) is 11.3 Å². The van der Waals surface area contributed by atoms with E-state index >= 15 is 0 Å². The van der Waals surface area contributed by atoms with E-state index in [1.54, 1.807) is 0 Å². The van der Waals surface area contributed by atoms with Crippen molar-refractivity contribution in [1.82, 2.24) is 9.88 Å². The van der Waals surface area contributed by atoms with Gasteiger partial charge in [0.25, 0.3) is 0 Å². The van der Waals surface area contributed by atoms with E-state index in [1.165, 1.54) is 17.8 Å². The van der Waals surface area contributed by atoms with Crippen LogP contribution in [0.1, 0.15) is 49.7 Å². The number of carbonyl (C=O) groups is 2. The van der Waals surface area contributed by atoms with Crippen LogP contribution in [0, 0.1) is 5.92 Å². The summed E-state index contributed by atoms with van der Waals surface area (Å²) in [5.74, 6) is 0.0800. The molecular weight excluding hydrogens is 516 g/mol. The maximum atomic E-state index is 14.0. The number of carbonyl (C=O) groups excluding carboxylic acids is 2. The molecule has 1 fully saturated rings. The topological polar surface area (TPSA) is 88.3 Å². The monoisotopic (exact) mass is 552 g/mol. The van der Waals surface area contributed by atoms with Crippen molar-refractivity contribution in [1.29, 1.82) is 0 Å². The highest BCUT2D eigenvalue weighted by Gasteiger charge is 2.32. The summed E-state index contributed by atoms with van der Waals surface area (Å²) in [5.41, 5.74) is 10.4. The van der Waals surface area contributed by atoms with Crippen molar-refractivity contribution < 1.29 is 9.59 Å². The van der Waals surface area contributed by atoms with Gasteiger partial charge in [-0.05, 0) is 42.5 Å². The largest absolute Gasteiger partial charge is 0.375 e. The second-order valence-corrected chi connectivity index (χ2v) is 11.4. The van der Waals surface area contributed by atoms with E-state index < -0.39 is 0 Å². The number of nitrogen functional groups attached to an aromatic ring is 1. The standard InChI is InChI=1S/C33H36N4O2S/c34-33-36-30(23-40-33)26-16-18-28(19-17-26)35-31(38)21-29(20-24-10-4-1-5-11-24)37(22-25-12-6-2-7-13-25)32(39)27-14-8-3-9-15-27/h1-2,4-7,10-13,16-19,23,27,29H,3,8-9,14-15,20-22H2,(H2,34,36)(H,35,38)/t29-/m0/s1.